The summed E-state index contributed by atoms with van der Waals surface area (Å²) < 4.78 is 11.1. The number of hydrogen-bond donors (Lipinski definition) is 1. The van der Waals surface area contributed by atoms with E-state index in [0.29, 0.717) is 17.0 Å². The van der Waals surface area contributed by atoms with Gasteiger partial charge < -0.3 is 19.5 Å². The smallest absolute Gasteiger partial charge is 0.410 e. The summed E-state index contributed by atoms with van der Waals surface area (Å²) in [6, 6.07) is 9.47. The van der Waals surface area contributed by atoms with E-state index >= 15 is 0 Å². The van der Waals surface area contributed by atoms with Crippen LogP contribution in [-0.4, -0.2) is 51.3 Å². The predicted molar refractivity (Wildman–Crippen MR) is 139 cm³/mol. The molecule has 1 fully saturated rings. The first kappa shape index (κ1) is 27.7. The number of pyridine rings is 1. The van der Waals surface area contributed by atoms with Gasteiger partial charge in [-0.05, 0) is 64.7 Å². The van der Waals surface area contributed by atoms with Crippen LogP contribution in [0.1, 0.15) is 95.3 Å². The highest BCUT2D eigenvalue weighted by Crippen LogP contribution is 2.51. The summed E-state index contributed by atoms with van der Waals surface area (Å²) in [5, 5.41) is 12.5. The van der Waals surface area contributed by atoms with Crippen molar-refractivity contribution >= 4 is 12.1 Å². The first-order chi connectivity index (χ1) is 16.4. The van der Waals surface area contributed by atoms with Crippen LogP contribution in [-0.2, 0) is 15.1 Å². The van der Waals surface area contributed by atoms with Gasteiger partial charge in [0.1, 0.15) is 16.8 Å². The molecule has 2 aromatic rings. The van der Waals surface area contributed by atoms with Crippen molar-refractivity contribution < 1.29 is 24.2 Å². The molecule has 1 aliphatic heterocycles. The number of aliphatic hydroxyl groups is 1. The van der Waals surface area contributed by atoms with Crippen LogP contribution in [0.4, 0.5) is 4.79 Å². The van der Waals surface area contributed by atoms with E-state index in [0.717, 1.165) is 5.56 Å². The average molecular weight is 497 g/mol. The van der Waals surface area contributed by atoms with E-state index in [-0.39, 0.29) is 18.7 Å². The minimum absolute atomic E-state index is 0.256. The monoisotopic (exact) mass is 496 g/mol. The van der Waals surface area contributed by atoms with Crippen LogP contribution in [0.3, 0.4) is 0 Å². The van der Waals surface area contributed by atoms with Gasteiger partial charge in [-0.1, -0.05) is 45.0 Å². The van der Waals surface area contributed by atoms with Crippen molar-refractivity contribution in [2.24, 2.45) is 5.41 Å². The Bertz CT molecular complexity index is 1110. The third-order valence-corrected chi connectivity index (χ3v) is 6.39. The number of carbonyl (C=O) groups excluding carboxylic acids is 2. The van der Waals surface area contributed by atoms with E-state index in [2.05, 4.69) is 18.8 Å². The van der Waals surface area contributed by atoms with Crippen molar-refractivity contribution in [1.29, 1.82) is 0 Å². The number of benzene rings is 1. The fraction of sp³-hybridized carbons (Fsp3) is 0.552. The summed E-state index contributed by atoms with van der Waals surface area (Å²) >= 11 is 0. The molecule has 36 heavy (non-hydrogen) atoms. The summed E-state index contributed by atoms with van der Waals surface area (Å²) in [4.78, 5) is 31.3. The summed E-state index contributed by atoms with van der Waals surface area (Å²) in [6.45, 7) is 17.6. The second-order valence-corrected chi connectivity index (χ2v) is 12.3. The zero-order valence-corrected chi connectivity index (χ0v) is 23.0. The largest absolute Gasteiger partial charge is 0.456 e. The summed E-state index contributed by atoms with van der Waals surface area (Å²) in [6.07, 6.45) is 2.60. The van der Waals surface area contributed by atoms with Crippen LogP contribution in [0.5, 0.6) is 0 Å². The highest BCUT2D eigenvalue weighted by Gasteiger charge is 2.58. The third kappa shape index (κ3) is 5.72. The molecule has 1 aliphatic rings. The van der Waals surface area contributed by atoms with Gasteiger partial charge in [0.05, 0.1) is 5.56 Å². The van der Waals surface area contributed by atoms with E-state index in [1.54, 1.807) is 37.9 Å². The molecule has 0 bridgehead atoms. The van der Waals surface area contributed by atoms with Crippen molar-refractivity contribution in [1.82, 2.24) is 9.88 Å². The number of likely N-dealkylation sites (tertiary alicyclic amines) is 1. The Hall–Kier alpha value is -2.93. The second-order valence-electron chi connectivity index (χ2n) is 12.3. The van der Waals surface area contributed by atoms with Gasteiger partial charge in [-0.2, -0.15) is 0 Å². The van der Waals surface area contributed by atoms with E-state index < -0.39 is 34.3 Å². The molecule has 0 saturated carbocycles. The SMILES string of the molecule is CC(C)c1ccc(C(O)(c2cncc(C(=O)OC(C)(C)C)c2)C2(C)CN(C(=O)OC(C)(C)C)C2)cc1. The maximum atomic E-state index is 12.8. The standard InChI is InChI=1S/C29H40N2O5/c1-19(2)20-10-12-22(13-11-20)29(34,28(9)17-31(18-28)25(33)36-27(6,7)8)23-14-21(15-30-16-23)24(32)35-26(3,4)5/h10-16,19,34H,17-18H2,1-9H3. The normalized spacial score (nSPS) is 17.2. The van der Waals surface area contributed by atoms with Gasteiger partial charge in [-0.3, -0.25) is 4.98 Å². The number of carbonyl (C=O) groups is 2. The van der Waals surface area contributed by atoms with E-state index in [9.17, 15) is 14.7 Å². The zero-order chi connectivity index (χ0) is 27.1. The molecule has 1 aromatic heterocycles. The molecule has 0 radical (unpaired) electrons. The molecule has 7 nitrogen and oxygen atoms in total. The third-order valence-electron chi connectivity index (χ3n) is 6.39. The van der Waals surface area contributed by atoms with Gasteiger partial charge in [0.2, 0.25) is 0 Å². The molecule has 1 saturated heterocycles. The average Bonchev–Trinajstić information content (AvgIpc) is 2.74. The lowest BCUT2D eigenvalue weighted by Crippen LogP contribution is -2.66. The molecular weight excluding hydrogens is 456 g/mol. The Morgan fingerprint density at radius 3 is 2.00 bits per heavy atom. The first-order valence-corrected chi connectivity index (χ1v) is 12.4. The molecule has 1 aromatic carbocycles. The van der Waals surface area contributed by atoms with Crippen LogP contribution in [0, 0.1) is 5.41 Å². The molecule has 3 rings (SSSR count). The maximum absolute atomic E-state index is 12.8. The fourth-order valence-corrected chi connectivity index (χ4v) is 4.54. The van der Waals surface area contributed by atoms with Crippen molar-refractivity contribution in [3.63, 3.8) is 0 Å². The summed E-state index contributed by atoms with van der Waals surface area (Å²) in [7, 11) is 0. The molecule has 196 valence electrons. The van der Waals surface area contributed by atoms with Gasteiger partial charge in [0, 0.05) is 36.5 Å². The first-order valence-electron chi connectivity index (χ1n) is 12.4. The Labute approximate surface area is 214 Å². The van der Waals surface area contributed by atoms with E-state index in [4.69, 9.17) is 9.47 Å². The van der Waals surface area contributed by atoms with Crippen LogP contribution in [0.15, 0.2) is 42.7 Å². The number of esters is 1. The van der Waals surface area contributed by atoms with Crippen molar-refractivity contribution in [2.75, 3.05) is 13.1 Å². The molecule has 1 unspecified atom stereocenters. The molecule has 1 N–H and O–H groups in total. The van der Waals surface area contributed by atoms with Gasteiger partial charge in [-0.15, -0.1) is 0 Å². The lowest BCUT2D eigenvalue weighted by molar-refractivity contribution is -0.131. The number of aromatic nitrogens is 1. The Morgan fingerprint density at radius 2 is 1.50 bits per heavy atom. The van der Waals surface area contributed by atoms with E-state index in [1.165, 1.54) is 6.20 Å². The predicted octanol–water partition coefficient (Wildman–Crippen LogP) is 5.65. The highest BCUT2D eigenvalue weighted by atomic mass is 16.6. The summed E-state index contributed by atoms with van der Waals surface area (Å²) in [5.41, 5.74) is -1.01. The van der Waals surface area contributed by atoms with Crippen LogP contribution in [0.25, 0.3) is 0 Å². The zero-order valence-electron chi connectivity index (χ0n) is 23.0. The highest BCUT2D eigenvalue weighted by molar-refractivity contribution is 5.89. The Kier molecular flexibility index (Phi) is 7.30. The maximum Gasteiger partial charge on any atom is 0.410 e. The molecule has 0 spiro atoms. The van der Waals surface area contributed by atoms with E-state index in [1.807, 2.05) is 52.0 Å². The topological polar surface area (TPSA) is 89.0 Å². The van der Waals surface area contributed by atoms with Crippen LogP contribution < -0.4 is 0 Å². The minimum atomic E-state index is -1.52. The Morgan fingerprint density at radius 1 is 0.944 bits per heavy atom. The van der Waals surface area contributed by atoms with Crippen LogP contribution in [0.2, 0.25) is 0 Å². The van der Waals surface area contributed by atoms with Crippen molar-refractivity contribution in [2.45, 2.75) is 85.0 Å². The second kappa shape index (κ2) is 9.51. The van der Waals surface area contributed by atoms with Gasteiger partial charge in [0.25, 0.3) is 0 Å². The molecule has 0 aliphatic carbocycles. The van der Waals surface area contributed by atoms with Crippen molar-refractivity contribution in [3.05, 3.63) is 65.0 Å². The van der Waals surface area contributed by atoms with Crippen molar-refractivity contribution in [3.8, 4) is 0 Å². The molecule has 7 heteroatoms. The number of amides is 1. The number of nitrogens with zero attached hydrogens (tertiary/aromatic N) is 2. The number of ether oxygens (including phenoxy) is 2. The summed E-state index contributed by atoms with van der Waals surface area (Å²) in [5.74, 6) is -0.172. The van der Waals surface area contributed by atoms with Gasteiger partial charge in [0.15, 0.2) is 0 Å². The van der Waals surface area contributed by atoms with Gasteiger partial charge in [-0.25, -0.2) is 9.59 Å². The molecular formula is C29H40N2O5. The Balaban J connectivity index is 2.04. The quantitative estimate of drug-likeness (QED) is 0.538. The number of hydrogen-bond acceptors (Lipinski definition) is 6. The number of rotatable bonds is 5. The molecule has 1 amide bonds. The fourth-order valence-electron chi connectivity index (χ4n) is 4.54. The molecule has 2 heterocycles. The minimum Gasteiger partial charge on any atom is -0.456 e. The lowest BCUT2D eigenvalue weighted by Gasteiger charge is -2.56. The van der Waals surface area contributed by atoms with Gasteiger partial charge >= 0.3 is 12.1 Å². The molecule has 1 atom stereocenters. The lowest BCUT2D eigenvalue weighted by atomic mass is 9.62. The van der Waals surface area contributed by atoms with Crippen LogP contribution >= 0.6 is 0 Å².